The van der Waals surface area contributed by atoms with Crippen LogP contribution in [0.4, 0.5) is 11.4 Å². The van der Waals surface area contributed by atoms with Crippen molar-refractivity contribution in [2.24, 2.45) is 0 Å². The topological polar surface area (TPSA) is 63.5 Å². The molecule has 0 unspecified atom stereocenters. The fraction of sp³-hybridized carbons (Fsp3) is 0.300. The van der Waals surface area contributed by atoms with Crippen LogP contribution in [0.15, 0.2) is 24.3 Å². The Bertz CT molecular complexity index is 373. The fourth-order valence-corrected chi connectivity index (χ4v) is 1.34. The Kier molecular flexibility index (Phi) is 3.38. The van der Waals surface area contributed by atoms with Crippen molar-refractivity contribution >= 4 is 17.3 Å². The van der Waals surface area contributed by atoms with E-state index in [1.807, 2.05) is 6.92 Å². The van der Waals surface area contributed by atoms with Crippen LogP contribution in [0.3, 0.4) is 0 Å². The molecule has 0 fully saturated rings. The monoisotopic (exact) mass is 208 g/mol. The van der Waals surface area contributed by atoms with E-state index < -0.39 is 4.92 Å². The van der Waals surface area contributed by atoms with E-state index in [-0.39, 0.29) is 11.6 Å². The number of carbonyl (C=O) groups excluding carboxylic acids is 1. The first kappa shape index (κ1) is 11.2. The molecule has 0 aliphatic heterocycles. The van der Waals surface area contributed by atoms with Gasteiger partial charge in [-0.1, -0.05) is 0 Å². The first-order valence-electron chi connectivity index (χ1n) is 4.58. The van der Waals surface area contributed by atoms with E-state index in [0.29, 0.717) is 12.2 Å². The molecule has 0 heterocycles. The first-order chi connectivity index (χ1) is 7.06. The number of non-ortho nitro benzene ring substituents is 1. The smallest absolute Gasteiger partial charge is 0.269 e. The van der Waals surface area contributed by atoms with Crippen molar-refractivity contribution in [1.82, 2.24) is 0 Å². The fourth-order valence-electron chi connectivity index (χ4n) is 1.34. The molecule has 0 saturated carbocycles. The van der Waals surface area contributed by atoms with Crippen LogP contribution in [0, 0.1) is 10.1 Å². The third kappa shape index (κ3) is 2.52. The van der Waals surface area contributed by atoms with Gasteiger partial charge in [-0.15, -0.1) is 0 Å². The summed E-state index contributed by atoms with van der Waals surface area (Å²) >= 11 is 0. The quantitative estimate of drug-likeness (QED) is 0.563. The predicted octanol–water partition coefficient (Wildman–Crippen LogP) is 1.97. The number of amides is 1. The van der Waals surface area contributed by atoms with E-state index in [1.165, 1.54) is 19.1 Å². The highest BCUT2D eigenvalue weighted by Crippen LogP contribution is 2.19. The SMILES string of the molecule is CCN(C(C)=O)c1ccc([N+](=O)[O-])cc1. The molecular formula is C10H12N2O3. The molecule has 1 rings (SSSR count). The van der Waals surface area contributed by atoms with Crippen LogP contribution in [0.5, 0.6) is 0 Å². The Labute approximate surface area is 87.5 Å². The summed E-state index contributed by atoms with van der Waals surface area (Å²) in [5.41, 5.74) is 0.703. The van der Waals surface area contributed by atoms with Gasteiger partial charge < -0.3 is 4.90 Å². The summed E-state index contributed by atoms with van der Waals surface area (Å²) in [5, 5.41) is 10.4. The molecule has 80 valence electrons. The maximum Gasteiger partial charge on any atom is 0.269 e. The van der Waals surface area contributed by atoms with Crippen LogP contribution >= 0.6 is 0 Å². The molecule has 15 heavy (non-hydrogen) atoms. The number of nitro benzene ring substituents is 1. The van der Waals surface area contributed by atoms with Gasteiger partial charge >= 0.3 is 0 Å². The van der Waals surface area contributed by atoms with Crippen LogP contribution in [0.25, 0.3) is 0 Å². The predicted molar refractivity (Wildman–Crippen MR) is 56.8 cm³/mol. The van der Waals surface area contributed by atoms with E-state index in [4.69, 9.17) is 0 Å². The Hall–Kier alpha value is -1.91. The zero-order valence-electron chi connectivity index (χ0n) is 8.64. The van der Waals surface area contributed by atoms with E-state index in [2.05, 4.69) is 0 Å². The number of hydrogen-bond acceptors (Lipinski definition) is 3. The Morgan fingerprint density at radius 2 is 1.93 bits per heavy atom. The van der Waals surface area contributed by atoms with E-state index in [0.717, 1.165) is 0 Å². The summed E-state index contributed by atoms with van der Waals surface area (Å²) in [6.07, 6.45) is 0. The second-order valence-corrected chi connectivity index (χ2v) is 3.04. The number of hydrogen-bond donors (Lipinski definition) is 0. The molecule has 0 aromatic heterocycles. The average Bonchev–Trinajstić information content (AvgIpc) is 2.19. The summed E-state index contributed by atoms with van der Waals surface area (Å²) in [6.45, 7) is 3.86. The van der Waals surface area contributed by atoms with Crippen molar-refractivity contribution in [2.75, 3.05) is 11.4 Å². The molecule has 0 aliphatic rings. The highest BCUT2D eigenvalue weighted by atomic mass is 16.6. The van der Waals surface area contributed by atoms with Gasteiger partial charge in [0.15, 0.2) is 0 Å². The second kappa shape index (κ2) is 4.54. The third-order valence-corrected chi connectivity index (χ3v) is 2.07. The Morgan fingerprint density at radius 3 is 2.27 bits per heavy atom. The van der Waals surface area contributed by atoms with Gasteiger partial charge in [-0.25, -0.2) is 0 Å². The van der Waals surface area contributed by atoms with Crippen LogP contribution in [0.1, 0.15) is 13.8 Å². The van der Waals surface area contributed by atoms with Gasteiger partial charge in [0.1, 0.15) is 0 Å². The van der Waals surface area contributed by atoms with Crippen LogP contribution in [-0.2, 0) is 4.79 Å². The van der Waals surface area contributed by atoms with Gasteiger partial charge in [-0.3, -0.25) is 14.9 Å². The lowest BCUT2D eigenvalue weighted by Crippen LogP contribution is -2.27. The summed E-state index contributed by atoms with van der Waals surface area (Å²) in [5.74, 6) is -0.0775. The molecule has 0 N–H and O–H groups in total. The van der Waals surface area contributed by atoms with Gasteiger partial charge in [-0.05, 0) is 19.1 Å². The highest BCUT2D eigenvalue weighted by Gasteiger charge is 2.10. The second-order valence-electron chi connectivity index (χ2n) is 3.04. The summed E-state index contributed by atoms with van der Waals surface area (Å²) in [6, 6.07) is 5.92. The van der Waals surface area contributed by atoms with Crippen molar-refractivity contribution < 1.29 is 9.72 Å². The van der Waals surface area contributed by atoms with Gasteiger partial charge in [-0.2, -0.15) is 0 Å². The van der Waals surface area contributed by atoms with Crippen molar-refractivity contribution in [3.05, 3.63) is 34.4 Å². The molecule has 0 spiro atoms. The number of nitrogens with zero attached hydrogens (tertiary/aromatic N) is 2. The van der Waals surface area contributed by atoms with Crippen molar-refractivity contribution in [2.45, 2.75) is 13.8 Å². The largest absolute Gasteiger partial charge is 0.313 e. The molecule has 0 atom stereocenters. The number of rotatable bonds is 3. The number of carbonyl (C=O) groups is 1. The van der Waals surface area contributed by atoms with E-state index in [1.54, 1.807) is 17.0 Å². The van der Waals surface area contributed by atoms with Crippen LogP contribution in [-0.4, -0.2) is 17.4 Å². The standard InChI is InChI=1S/C10H12N2O3/c1-3-11(8(2)13)9-4-6-10(7-5-9)12(14)15/h4-7H,3H2,1-2H3. The van der Waals surface area contributed by atoms with Crippen molar-refractivity contribution in [3.63, 3.8) is 0 Å². The molecular weight excluding hydrogens is 196 g/mol. The zero-order chi connectivity index (χ0) is 11.4. The lowest BCUT2D eigenvalue weighted by Gasteiger charge is -2.18. The van der Waals surface area contributed by atoms with Gasteiger partial charge in [0, 0.05) is 31.3 Å². The summed E-state index contributed by atoms with van der Waals surface area (Å²) < 4.78 is 0. The maximum atomic E-state index is 11.2. The van der Waals surface area contributed by atoms with E-state index >= 15 is 0 Å². The molecule has 1 aromatic carbocycles. The highest BCUT2D eigenvalue weighted by molar-refractivity contribution is 5.91. The first-order valence-corrected chi connectivity index (χ1v) is 4.58. The number of benzene rings is 1. The molecule has 0 bridgehead atoms. The maximum absolute atomic E-state index is 11.2. The molecule has 0 aliphatic carbocycles. The minimum Gasteiger partial charge on any atom is -0.313 e. The molecule has 0 radical (unpaired) electrons. The molecule has 5 heteroatoms. The summed E-state index contributed by atoms with van der Waals surface area (Å²) in [4.78, 5) is 22.7. The van der Waals surface area contributed by atoms with Crippen molar-refractivity contribution in [3.8, 4) is 0 Å². The Balaban J connectivity index is 2.97. The van der Waals surface area contributed by atoms with Gasteiger partial charge in [0.2, 0.25) is 5.91 Å². The van der Waals surface area contributed by atoms with Crippen LogP contribution < -0.4 is 4.90 Å². The van der Waals surface area contributed by atoms with Gasteiger partial charge in [0.05, 0.1) is 4.92 Å². The Morgan fingerprint density at radius 1 is 1.40 bits per heavy atom. The summed E-state index contributed by atoms with van der Waals surface area (Å²) in [7, 11) is 0. The van der Waals surface area contributed by atoms with E-state index in [9.17, 15) is 14.9 Å². The molecule has 1 amide bonds. The number of nitro groups is 1. The minimum absolute atomic E-state index is 0.0263. The molecule has 1 aromatic rings. The lowest BCUT2D eigenvalue weighted by atomic mass is 10.2. The normalized spacial score (nSPS) is 9.73. The molecule has 5 nitrogen and oxygen atoms in total. The zero-order valence-corrected chi connectivity index (χ0v) is 8.64. The third-order valence-electron chi connectivity index (χ3n) is 2.07. The number of anilines is 1. The molecule has 0 saturated heterocycles. The minimum atomic E-state index is -0.464. The van der Waals surface area contributed by atoms with Crippen molar-refractivity contribution in [1.29, 1.82) is 0 Å². The lowest BCUT2D eigenvalue weighted by molar-refractivity contribution is -0.384. The van der Waals surface area contributed by atoms with Crippen LogP contribution in [0.2, 0.25) is 0 Å². The average molecular weight is 208 g/mol. The van der Waals surface area contributed by atoms with Gasteiger partial charge in [0.25, 0.3) is 5.69 Å².